The zero-order valence-electron chi connectivity index (χ0n) is 10.1. The van der Waals surface area contributed by atoms with E-state index in [1.807, 2.05) is 12.1 Å². The molecular weight excluding hydrogens is 250 g/mol. The summed E-state index contributed by atoms with van der Waals surface area (Å²) in [6.07, 6.45) is 6.82. The average Bonchev–Trinajstić information content (AvgIpc) is 2.42. The van der Waals surface area contributed by atoms with Gasteiger partial charge in [-0.3, -0.25) is 0 Å². The molecule has 0 N–H and O–H groups in total. The van der Waals surface area contributed by atoms with Crippen LogP contribution in [-0.2, 0) is 9.63 Å². The third-order valence-electron chi connectivity index (χ3n) is 3.15. The Morgan fingerprint density at radius 2 is 1.89 bits per heavy atom. The Morgan fingerprint density at radius 1 is 1.22 bits per heavy atom. The molecule has 0 atom stereocenters. The Kier molecular flexibility index (Phi) is 4.76. The second-order valence-electron chi connectivity index (χ2n) is 4.53. The number of rotatable bonds is 3. The van der Waals surface area contributed by atoms with Gasteiger partial charge in [0.2, 0.25) is 0 Å². The zero-order valence-corrected chi connectivity index (χ0v) is 10.9. The molecule has 1 aliphatic rings. The molecule has 0 amide bonds. The molecule has 1 saturated carbocycles. The topological polar surface area (TPSA) is 38.7 Å². The van der Waals surface area contributed by atoms with Crippen LogP contribution in [0.2, 0.25) is 5.02 Å². The van der Waals surface area contributed by atoms with Gasteiger partial charge in [-0.2, -0.15) is 0 Å². The number of oxime groups is 1. The van der Waals surface area contributed by atoms with E-state index in [4.69, 9.17) is 16.4 Å². The maximum atomic E-state index is 11.7. The number of hydrogen-bond donors (Lipinski definition) is 0. The van der Waals surface area contributed by atoms with Crippen molar-refractivity contribution in [2.45, 2.75) is 32.1 Å². The van der Waals surface area contributed by atoms with Gasteiger partial charge < -0.3 is 4.84 Å². The van der Waals surface area contributed by atoms with Gasteiger partial charge in [-0.15, -0.1) is 0 Å². The molecule has 1 aromatic rings. The van der Waals surface area contributed by atoms with Crippen molar-refractivity contribution < 1.29 is 9.63 Å². The molecule has 2 rings (SSSR count). The van der Waals surface area contributed by atoms with Gasteiger partial charge in [0.25, 0.3) is 0 Å². The van der Waals surface area contributed by atoms with Crippen molar-refractivity contribution in [3.8, 4) is 0 Å². The SMILES string of the molecule is O=C(O/N=C\c1ccc(Cl)cc1)C1CCCCC1. The van der Waals surface area contributed by atoms with Gasteiger partial charge in [-0.1, -0.05) is 48.2 Å². The Labute approximate surface area is 112 Å². The number of hydrogen-bond acceptors (Lipinski definition) is 3. The fourth-order valence-electron chi connectivity index (χ4n) is 2.10. The molecule has 0 aliphatic heterocycles. The van der Waals surface area contributed by atoms with Crippen LogP contribution in [0.3, 0.4) is 0 Å². The van der Waals surface area contributed by atoms with Crippen LogP contribution in [-0.4, -0.2) is 12.2 Å². The third kappa shape index (κ3) is 3.84. The van der Waals surface area contributed by atoms with Gasteiger partial charge in [-0.25, -0.2) is 4.79 Å². The summed E-state index contributed by atoms with van der Waals surface area (Å²) in [5.74, 6) is -0.180. The summed E-state index contributed by atoms with van der Waals surface area (Å²) >= 11 is 5.77. The summed E-state index contributed by atoms with van der Waals surface area (Å²) < 4.78 is 0. The van der Waals surface area contributed by atoms with Crippen LogP contribution >= 0.6 is 11.6 Å². The minimum absolute atomic E-state index is 0.0288. The number of benzene rings is 1. The van der Waals surface area contributed by atoms with E-state index in [2.05, 4.69) is 5.16 Å². The molecule has 4 heteroatoms. The summed E-state index contributed by atoms with van der Waals surface area (Å²) in [6.45, 7) is 0. The molecule has 18 heavy (non-hydrogen) atoms. The van der Waals surface area contributed by atoms with Crippen molar-refractivity contribution in [1.29, 1.82) is 0 Å². The van der Waals surface area contributed by atoms with Gasteiger partial charge in [0.15, 0.2) is 0 Å². The highest BCUT2D eigenvalue weighted by Crippen LogP contribution is 2.24. The number of carbonyl (C=O) groups is 1. The fraction of sp³-hybridized carbons (Fsp3) is 0.429. The van der Waals surface area contributed by atoms with E-state index in [-0.39, 0.29) is 11.9 Å². The molecule has 1 aliphatic carbocycles. The molecular formula is C14H16ClNO2. The predicted octanol–water partition coefficient (Wildman–Crippen LogP) is 3.80. The number of nitrogens with zero attached hydrogens (tertiary/aromatic N) is 1. The molecule has 1 fully saturated rings. The van der Waals surface area contributed by atoms with Crippen LogP contribution in [0.15, 0.2) is 29.4 Å². The largest absolute Gasteiger partial charge is 0.338 e. The van der Waals surface area contributed by atoms with Crippen LogP contribution in [0.25, 0.3) is 0 Å². The van der Waals surface area contributed by atoms with Crippen molar-refractivity contribution in [3.63, 3.8) is 0 Å². The Bertz CT molecular complexity index is 422. The first-order valence-electron chi connectivity index (χ1n) is 6.25. The molecule has 0 saturated heterocycles. The normalized spacial score (nSPS) is 16.9. The second-order valence-corrected chi connectivity index (χ2v) is 4.97. The summed E-state index contributed by atoms with van der Waals surface area (Å²) in [4.78, 5) is 16.6. The first kappa shape index (κ1) is 13.1. The second kappa shape index (κ2) is 6.55. The van der Waals surface area contributed by atoms with E-state index in [1.54, 1.807) is 12.1 Å². The minimum Gasteiger partial charge on any atom is -0.318 e. The monoisotopic (exact) mass is 265 g/mol. The molecule has 0 radical (unpaired) electrons. The Morgan fingerprint density at radius 3 is 2.56 bits per heavy atom. The lowest BCUT2D eigenvalue weighted by atomic mass is 9.89. The van der Waals surface area contributed by atoms with Crippen molar-refractivity contribution in [3.05, 3.63) is 34.9 Å². The van der Waals surface area contributed by atoms with E-state index in [1.165, 1.54) is 12.6 Å². The molecule has 96 valence electrons. The maximum Gasteiger partial charge on any atom is 0.338 e. The van der Waals surface area contributed by atoms with Crippen LogP contribution in [0.5, 0.6) is 0 Å². The first-order chi connectivity index (χ1) is 8.75. The van der Waals surface area contributed by atoms with Gasteiger partial charge in [0.1, 0.15) is 0 Å². The number of carbonyl (C=O) groups excluding carboxylic acids is 1. The molecule has 1 aromatic carbocycles. The van der Waals surface area contributed by atoms with Gasteiger partial charge in [0.05, 0.1) is 12.1 Å². The van der Waals surface area contributed by atoms with Crippen molar-refractivity contribution in [2.24, 2.45) is 11.1 Å². The van der Waals surface area contributed by atoms with E-state index in [9.17, 15) is 4.79 Å². The standard InChI is InChI=1S/C14H16ClNO2/c15-13-8-6-11(7-9-13)10-16-18-14(17)12-4-2-1-3-5-12/h6-10,12H,1-5H2/b16-10-. The Balaban J connectivity index is 1.83. The van der Waals surface area contributed by atoms with E-state index >= 15 is 0 Å². The molecule has 0 heterocycles. The first-order valence-corrected chi connectivity index (χ1v) is 6.63. The fourth-order valence-corrected chi connectivity index (χ4v) is 2.23. The van der Waals surface area contributed by atoms with Crippen molar-refractivity contribution in [2.75, 3.05) is 0 Å². The van der Waals surface area contributed by atoms with Gasteiger partial charge >= 0.3 is 5.97 Å². The maximum absolute atomic E-state index is 11.7. The predicted molar refractivity (Wildman–Crippen MR) is 71.7 cm³/mol. The van der Waals surface area contributed by atoms with E-state index < -0.39 is 0 Å². The average molecular weight is 266 g/mol. The highest BCUT2D eigenvalue weighted by Gasteiger charge is 2.22. The molecule has 0 bridgehead atoms. The highest BCUT2D eigenvalue weighted by molar-refractivity contribution is 6.30. The van der Waals surface area contributed by atoms with Crippen LogP contribution in [0.4, 0.5) is 0 Å². The molecule has 0 aromatic heterocycles. The van der Waals surface area contributed by atoms with Crippen LogP contribution in [0, 0.1) is 5.92 Å². The quantitative estimate of drug-likeness (QED) is 0.474. The molecule has 0 spiro atoms. The smallest absolute Gasteiger partial charge is 0.318 e. The summed E-state index contributed by atoms with van der Waals surface area (Å²) in [7, 11) is 0. The lowest BCUT2D eigenvalue weighted by Gasteiger charge is -2.17. The minimum atomic E-state index is -0.208. The zero-order chi connectivity index (χ0) is 12.8. The summed E-state index contributed by atoms with van der Waals surface area (Å²) in [6, 6.07) is 7.18. The molecule has 3 nitrogen and oxygen atoms in total. The van der Waals surface area contributed by atoms with Gasteiger partial charge in [-0.05, 0) is 30.5 Å². The lowest BCUT2D eigenvalue weighted by Crippen LogP contribution is -2.18. The van der Waals surface area contributed by atoms with Crippen LogP contribution < -0.4 is 0 Å². The summed E-state index contributed by atoms with van der Waals surface area (Å²) in [5.41, 5.74) is 0.857. The third-order valence-corrected chi connectivity index (χ3v) is 3.40. The van der Waals surface area contributed by atoms with Gasteiger partial charge in [0, 0.05) is 5.02 Å². The Hall–Kier alpha value is -1.35. The van der Waals surface area contributed by atoms with Crippen LogP contribution in [0.1, 0.15) is 37.7 Å². The van der Waals surface area contributed by atoms with E-state index in [0.29, 0.717) is 5.02 Å². The van der Waals surface area contributed by atoms with Crippen molar-refractivity contribution >= 4 is 23.8 Å². The van der Waals surface area contributed by atoms with Crippen molar-refractivity contribution in [1.82, 2.24) is 0 Å². The number of halogens is 1. The molecule has 0 unspecified atom stereocenters. The highest BCUT2D eigenvalue weighted by atomic mass is 35.5. The lowest BCUT2D eigenvalue weighted by molar-refractivity contribution is -0.149. The summed E-state index contributed by atoms with van der Waals surface area (Å²) in [5, 5.41) is 4.40. The van der Waals surface area contributed by atoms with E-state index in [0.717, 1.165) is 31.2 Å².